The van der Waals surface area contributed by atoms with Crippen LogP contribution in [0.5, 0.6) is 11.5 Å². The van der Waals surface area contributed by atoms with Crippen molar-refractivity contribution in [3.05, 3.63) is 53.1 Å². The Balaban J connectivity index is 1.49. The van der Waals surface area contributed by atoms with Gasteiger partial charge in [0.2, 0.25) is 10.0 Å². The molecule has 1 atom stereocenters. The van der Waals surface area contributed by atoms with Crippen LogP contribution in [-0.4, -0.2) is 71.2 Å². The number of halogens is 1. The number of nitrogens with one attached hydrogen (secondary N) is 2. The SMILES string of the molecule is COc1ccc(CCNC(=O)C(=O)NCC2OCCN2S(=O)(=O)c2ccc(Cl)cc2)cc1OC. The minimum Gasteiger partial charge on any atom is -0.493 e. The predicted octanol–water partition coefficient (Wildman–Crippen LogP) is 1.18. The van der Waals surface area contributed by atoms with Crippen LogP contribution in [0.25, 0.3) is 0 Å². The van der Waals surface area contributed by atoms with Crippen LogP contribution in [0, 0.1) is 0 Å². The summed E-state index contributed by atoms with van der Waals surface area (Å²) in [5.41, 5.74) is 0.890. The molecule has 3 rings (SSSR count). The Morgan fingerprint density at radius 3 is 2.41 bits per heavy atom. The van der Waals surface area contributed by atoms with Crippen LogP contribution in [-0.2, 0) is 30.8 Å². The van der Waals surface area contributed by atoms with E-state index in [2.05, 4.69) is 10.6 Å². The van der Waals surface area contributed by atoms with E-state index in [1.807, 2.05) is 6.07 Å². The fraction of sp³-hybridized carbons (Fsp3) is 0.364. The molecule has 1 unspecified atom stereocenters. The van der Waals surface area contributed by atoms with Gasteiger partial charge in [-0.1, -0.05) is 17.7 Å². The molecule has 0 aliphatic carbocycles. The monoisotopic (exact) mass is 511 g/mol. The van der Waals surface area contributed by atoms with E-state index in [0.29, 0.717) is 22.9 Å². The van der Waals surface area contributed by atoms with Gasteiger partial charge in [-0.15, -0.1) is 0 Å². The molecule has 184 valence electrons. The summed E-state index contributed by atoms with van der Waals surface area (Å²) in [4.78, 5) is 24.4. The normalized spacial score (nSPS) is 16.1. The number of rotatable bonds is 9. The van der Waals surface area contributed by atoms with E-state index in [4.69, 9.17) is 25.8 Å². The van der Waals surface area contributed by atoms with E-state index in [0.717, 1.165) is 9.87 Å². The van der Waals surface area contributed by atoms with Crippen molar-refractivity contribution >= 4 is 33.4 Å². The average Bonchev–Trinajstić information content (AvgIpc) is 3.32. The number of benzene rings is 2. The minimum absolute atomic E-state index is 0.0617. The number of ether oxygens (including phenoxy) is 3. The smallest absolute Gasteiger partial charge is 0.309 e. The third-order valence-corrected chi connectivity index (χ3v) is 7.31. The molecule has 0 spiro atoms. The summed E-state index contributed by atoms with van der Waals surface area (Å²) < 4.78 is 42.8. The summed E-state index contributed by atoms with van der Waals surface area (Å²) in [5.74, 6) is -0.549. The second-order valence-corrected chi connectivity index (χ2v) is 9.63. The number of hydrogen-bond acceptors (Lipinski definition) is 7. The second-order valence-electron chi connectivity index (χ2n) is 7.30. The lowest BCUT2D eigenvalue weighted by Gasteiger charge is -2.22. The van der Waals surface area contributed by atoms with E-state index in [9.17, 15) is 18.0 Å². The fourth-order valence-electron chi connectivity index (χ4n) is 3.38. The lowest BCUT2D eigenvalue weighted by molar-refractivity contribution is -0.139. The zero-order valence-corrected chi connectivity index (χ0v) is 20.3. The van der Waals surface area contributed by atoms with Crippen molar-refractivity contribution in [3.8, 4) is 11.5 Å². The molecule has 10 nitrogen and oxygen atoms in total. The van der Waals surface area contributed by atoms with E-state index in [1.54, 1.807) is 19.2 Å². The van der Waals surface area contributed by atoms with Crippen LogP contribution in [0.1, 0.15) is 5.56 Å². The van der Waals surface area contributed by atoms with Crippen molar-refractivity contribution in [3.63, 3.8) is 0 Å². The Kier molecular flexibility index (Phi) is 8.72. The van der Waals surface area contributed by atoms with Gasteiger partial charge in [0.25, 0.3) is 0 Å². The zero-order valence-electron chi connectivity index (χ0n) is 18.7. The highest BCUT2D eigenvalue weighted by atomic mass is 35.5. The first-order valence-electron chi connectivity index (χ1n) is 10.4. The summed E-state index contributed by atoms with van der Waals surface area (Å²) in [5, 5.41) is 5.38. The number of hydrogen-bond donors (Lipinski definition) is 2. The number of carbonyl (C=O) groups excluding carboxylic acids is 2. The quantitative estimate of drug-likeness (QED) is 0.484. The maximum atomic E-state index is 12.9. The number of amides is 2. The highest BCUT2D eigenvalue weighted by molar-refractivity contribution is 7.89. The molecule has 0 radical (unpaired) electrons. The van der Waals surface area contributed by atoms with Gasteiger partial charge in [-0.05, 0) is 48.4 Å². The minimum atomic E-state index is -3.85. The molecule has 1 heterocycles. The molecule has 1 fully saturated rings. The van der Waals surface area contributed by atoms with Crippen LogP contribution in [0.2, 0.25) is 5.02 Å². The molecule has 1 aliphatic heterocycles. The van der Waals surface area contributed by atoms with Gasteiger partial charge >= 0.3 is 11.8 Å². The van der Waals surface area contributed by atoms with Gasteiger partial charge in [-0.2, -0.15) is 4.31 Å². The molecule has 34 heavy (non-hydrogen) atoms. The number of methoxy groups -OCH3 is 2. The Bertz CT molecular complexity index is 1130. The zero-order chi connectivity index (χ0) is 24.7. The van der Waals surface area contributed by atoms with Crippen LogP contribution in [0.15, 0.2) is 47.4 Å². The van der Waals surface area contributed by atoms with Crippen LogP contribution in [0.3, 0.4) is 0 Å². The summed E-state index contributed by atoms with van der Waals surface area (Å²) in [6, 6.07) is 11.1. The summed E-state index contributed by atoms with van der Waals surface area (Å²) >= 11 is 5.83. The van der Waals surface area contributed by atoms with E-state index in [-0.39, 0.29) is 31.1 Å². The van der Waals surface area contributed by atoms with E-state index >= 15 is 0 Å². The summed E-state index contributed by atoms with van der Waals surface area (Å²) in [7, 11) is -0.777. The molecule has 2 aromatic carbocycles. The van der Waals surface area contributed by atoms with Crippen LogP contribution >= 0.6 is 11.6 Å². The van der Waals surface area contributed by atoms with Crippen molar-refractivity contribution < 1.29 is 32.2 Å². The first-order valence-corrected chi connectivity index (χ1v) is 12.2. The molecule has 0 aromatic heterocycles. The Hall–Kier alpha value is -2.86. The first kappa shape index (κ1) is 25.8. The van der Waals surface area contributed by atoms with Crippen LogP contribution in [0.4, 0.5) is 0 Å². The van der Waals surface area contributed by atoms with Crippen molar-refractivity contribution in [1.82, 2.24) is 14.9 Å². The Morgan fingerprint density at radius 2 is 1.74 bits per heavy atom. The average molecular weight is 512 g/mol. The Morgan fingerprint density at radius 1 is 1.06 bits per heavy atom. The van der Waals surface area contributed by atoms with Gasteiger partial charge in [0.1, 0.15) is 6.23 Å². The molecule has 2 amide bonds. The van der Waals surface area contributed by atoms with E-state index < -0.39 is 28.1 Å². The van der Waals surface area contributed by atoms with Gasteiger partial charge < -0.3 is 24.8 Å². The largest absolute Gasteiger partial charge is 0.493 e. The molecule has 1 aliphatic rings. The molecular formula is C22H26ClN3O7S. The summed E-state index contributed by atoms with van der Waals surface area (Å²) in [6.45, 7) is 0.349. The highest BCUT2D eigenvalue weighted by Crippen LogP contribution is 2.27. The molecule has 2 aromatic rings. The van der Waals surface area contributed by atoms with Gasteiger partial charge in [0.05, 0.1) is 32.3 Å². The third kappa shape index (κ3) is 6.17. The van der Waals surface area contributed by atoms with Gasteiger partial charge in [-0.3, -0.25) is 9.59 Å². The maximum absolute atomic E-state index is 12.9. The highest BCUT2D eigenvalue weighted by Gasteiger charge is 2.36. The third-order valence-electron chi connectivity index (χ3n) is 5.15. The molecule has 0 saturated carbocycles. The van der Waals surface area contributed by atoms with E-state index in [1.165, 1.54) is 31.4 Å². The molecular weight excluding hydrogens is 486 g/mol. The Labute approximate surface area is 203 Å². The predicted molar refractivity (Wildman–Crippen MR) is 124 cm³/mol. The summed E-state index contributed by atoms with van der Waals surface area (Å²) in [6.07, 6.45) is -0.456. The van der Waals surface area contributed by atoms with Gasteiger partial charge in [0, 0.05) is 18.1 Å². The van der Waals surface area contributed by atoms with Crippen molar-refractivity contribution in [2.75, 3.05) is 40.5 Å². The van der Waals surface area contributed by atoms with Crippen molar-refractivity contribution in [2.45, 2.75) is 17.5 Å². The molecule has 12 heteroatoms. The number of carbonyl (C=O) groups is 2. The van der Waals surface area contributed by atoms with Gasteiger partial charge in [0.15, 0.2) is 11.5 Å². The topological polar surface area (TPSA) is 123 Å². The van der Waals surface area contributed by atoms with Crippen LogP contribution < -0.4 is 20.1 Å². The lowest BCUT2D eigenvalue weighted by Crippen LogP contribution is -2.47. The molecule has 1 saturated heterocycles. The standard InChI is InChI=1S/C22H26ClN3O7S/c1-31-18-8-3-15(13-19(18)32-2)9-10-24-21(27)22(28)25-14-20-26(11-12-33-20)34(29,30)17-6-4-16(23)5-7-17/h3-8,13,20H,9-12,14H2,1-2H3,(H,24,27)(H,25,28). The van der Waals surface area contributed by atoms with Crippen molar-refractivity contribution in [2.24, 2.45) is 0 Å². The van der Waals surface area contributed by atoms with Gasteiger partial charge in [-0.25, -0.2) is 8.42 Å². The second kappa shape index (κ2) is 11.5. The fourth-order valence-corrected chi connectivity index (χ4v) is 5.02. The molecule has 0 bridgehead atoms. The number of nitrogens with zero attached hydrogens (tertiary/aromatic N) is 1. The lowest BCUT2D eigenvalue weighted by atomic mass is 10.1. The first-order chi connectivity index (χ1) is 16.3. The van der Waals surface area contributed by atoms with Crippen molar-refractivity contribution in [1.29, 1.82) is 0 Å². The molecule has 2 N–H and O–H groups in total. The maximum Gasteiger partial charge on any atom is 0.309 e. The number of sulfonamides is 1.